The van der Waals surface area contributed by atoms with Gasteiger partial charge in [-0.1, -0.05) is 26.7 Å². The van der Waals surface area contributed by atoms with E-state index in [0.29, 0.717) is 5.56 Å². The molecule has 1 unspecified atom stereocenters. The van der Waals surface area contributed by atoms with Crippen molar-refractivity contribution in [2.45, 2.75) is 57.2 Å². The maximum absolute atomic E-state index is 12.3. The average Bonchev–Trinajstić information content (AvgIpc) is 2.80. The molecule has 1 aliphatic carbocycles. The number of nitrogens with one attached hydrogen (secondary N) is 2. The van der Waals surface area contributed by atoms with Crippen molar-refractivity contribution in [1.82, 2.24) is 14.9 Å². The highest BCUT2D eigenvalue weighted by atomic mass is 32.2. The number of aliphatic hydroxyl groups is 1. The zero-order chi connectivity index (χ0) is 14.1. The first kappa shape index (κ1) is 14.5. The highest BCUT2D eigenvalue weighted by Gasteiger charge is 2.36. The molecule has 0 spiro atoms. The smallest absolute Gasteiger partial charge is 0.258 e. The predicted octanol–water partition coefficient (Wildman–Crippen LogP) is 1.15. The monoisotopic (exact) mass is 287 g/mol. The van der Waals surface area contributed by atoms with Gasteiger partial charge in [0, 0.05) is 11.6 Å². The maximum Gasteiger partial charge on any atom is 0.258 e. The SMILES string of the molecule is CC1(C)CCCCC1NS(=O)(=O)c1[nH]ncc1CO. The van der Waals surface area contributed by atoms with Gasteiger partial charge in [-0.2, -0.15) is 5.10 Å². The van der Waals surface area contributed by atoms with Gasteiger partial charge < -0.3 is 5.11 Å². The van der Waals surface area contributed by atoms with Crippen LogP contribution < -0.4 is 4.72 Å². The number of aliphatic hydroxyl groups excluding tert-OH is 1. The third-order valence-electron chi connectivity index (χ3n) is 3.92. The van der Waals surface area contributed by atoms with E-state index < -0.39 is 10.0 Å². The number of aromatic amines is 1. The van der Waals surface area contributed by atoms with E-state index in [9.17, 15) is 8.42 Å². The van der Waals surface area contributed by atoms with Crippen molar-refractivity contribution < 1.29 is 13.5 Å². The van der Waals surface area contributed by atoms with Crippen molar-refractivity contribution in [3.8, 4) is 0 Å². The molecule has 108 valence electrons. The molecular formula is C12H21N3O3S. The molecule has 6 nitrogen and oxygen atoms in total. The lowest BCUT2D eigenvalue weighted by Gasteiger charge is -2.38. The third-order valence-corrected chi connectivity index (χ3v) is 5.41. The number of aromatic nitrogens is 2. The maximum atomic E-state index is 12.3. The minimum absolute atomic E-state index is 0.0311. The molecule has 1 aliphatic rings. The van der Waals surface area contributed by atoms with Gasteiger partial charge in [-0.25, -0.2) is 13.1 Å². The second-order valence-electron chi connectivity index (χ2n) is 5.79. The molecule has 2 rings (SSSR count). The summed E-state index contributed by atoms with van der Waals surface area (Å²) in [5.41, 5.74) is 0.242. The minimum atomic E-state index is -3.66. The number of sulfonamides is 1. The van der Waals surface area contributed by atoms with Crippen molar-refractivity contribution >= 4 is 10.0 Å². The first-order valence-electron chi connectivity index (χ1n) is 6.52. The molecule has 1 fully saturated rings. The lowest BCUT2D eigenvalue weighted by atomic mass is 9.74. The van der Waals surface area contributed by atoms with Crippen LogP contribution >= 0.6 is 0 Å². The predicted molar refractivity (Wildman–Crippen MR) is 70.9 cm³/mol. The van der Waals surface area contributed by atoms with Gasteiger partial charge in [0.05, 0.1) is 12.8 Å². The number of hydrogen-bond donors (Lipinski definition) is 3. The molecule has 0 aromatic carbocycles. The Morgan fingerprint density at radius 2 is 2.26 bits per heavy atom. The quantitative estimate of drug-likeness (QED) is 0.774. The van der Waals surface area contributed by atoms with Gasteiger partial charge in [0.1, 0.15) is 0 Å². The number of rotatable bonds is 4. The molecular weight excluding hydrogens is 266 g/mol. The molecule has 1 atom stereocenters. The summed E-state index contributed by atoms with van der Waals surface area (Å²) in [7, 11) is -3.66. The summed E-state index contributed by atoms with van der Waals surface area (Å²) in [5.74, 6) is 0. The molecule has 0 aliphatic heterocycles. The summed E-state index contributed by atoms with van der Waals surface area (Å²) in [5, 5.41) is 15.2. The van der Waals surface area contributed by atoms with Crippen molar-refractivity contribution in [3.05, 3.63) is 11.8 Å². The van der Waals surface area contributed by atoms with Crippen LogP contribution in [0.2, 0.25) is 0 Å². The van der Waals surface area contributed by atoms with E-state index >= 15 is 0 Å². The molecule has 0 bridgehead atoms. The Morgan fingerprint density at radius 3 is 2.89 bits per heavy atom. The van der Waals surface area contributed by atoms with Crippen molar-refractivity contribution in [2.24, 2.45) is 5.41 Å². The minimum Gasteiger partial charge on any atom is -0.392 e. The Hall–Kier alpha value is -0.920. The summed E-state index contributed by atoms with van der Waals surface area (Å²) in [4.78, 5) is 0. The number of nitrogens with zero attached hydrogens (tertiary/aromatic N) is 1. The molecule has 1 heterocycles. The molecule has 19 heavy (non-hydrogen) atoms. The van der Waals surface area contributed by atoms with E-state index in [1.807, 2.05) is 0 Å². The fourth-order valence-corrected chi connectivity index (χ4v) is 4.17. The Morgan fingerprint density at radius 1 is 1.53 bits per heavy atom. The van der Waals surface area contributed by atoms with Gasteiger partial charge in [0.2, 0.25) is 0 Å². The van der Waals surface area contributed by atoms with Crippen LogP contribution in [0.15, 0.2) is 11.2 Å². The first-order valence-corrected chi connectivity index (χ1v) is 8.00. The second-order valence-corrected chi connectivity index (χ2v) is 7.44. The normalized spacial score (nSPS) is 23.4. The van der Waals surface area contributed by atoms with Crippen LogP contribution in [0.4, 0.5) is 0 Å². The van der Waals surface area contributed by atoms with Crippen molar-refractivity contribution in [2.75, 3.05) is 0 Å². The fraction of sp³-hybridized carbons (Fsp3) is 0.750. The molecule has 3 N–H and O–H groups in total. The fourth-order valence-electron chi connectivity index (χ4n) is 2.60. The van der Waals surface area contributed by atoms with E-state index in [4.69, 9.17) is 5.11 Å². The number of H-pyrrole nitrogens is 1. The topological polar surface area (TPSA) is 95.1 Å². The van der Waals surface area contributed by atoms with E-state index in [2.05, 4.69) is 28.8 Å². The molecule has 7 heteroatoms. The van der Waals surface area contributed by atoms with Gasteiger partial charge >= 0.3 is 0 Å². The van der Waals surface area contributed by atoms with Gasteiger partial charge in [-0.05, 0) is 18.3 Å². The highest BCUT2D eigenvalue weighted by molar-refractivity contribution is 7.89. The molecule has 1 aromatic rings. The van der Waals surface area contributed by atoms with Crippen LogP contribution in [0, 0.1) is 5.41 Å². The average molecular weight is 287 g/mol. The van der Waals surface area contributed by atoms with Gasteiger partial charge in [0.25, 0.3) is 10.0 Å². The van der Waals surface area contributed by atoms with E-state index in [0.717, 1.165) is 25.7 Å². The Kier molecular flexibility index (Phi) is 3.98. The summed E-state index contributed by atoms with van der Waals surface area (Å²) in [6, 6.07) is -0.0823. The zero-order valence-corrected chi connectivity index (χ0v) is 12.1. The molecule has 0 saturated heterocycles. The molecule has 0 amide bonds. The summed E-state index contributed by atoms with van der Waals surface area (Å²) < 4.78 is 27.4. The molecule has 0 radical (unpaired) electrons. The zero-order valence-electron chi connectivity index (χ0n) is 11.3. The van der Waals surface area contributed by atoms with Gasteiger partial charge in [-0.3, -0.25) is 5.10 Å². The highest BCUT2D eigenvalue weighted by Crippen LogP contribution is 2.36. The summed E-state index contributed by atoms with van der Waals surface area (Å²) in [6.07, 6.45) is 5.36. The molecule has 1 saturated carbocycles. The van der Waals surface area contributed by atoms with Crippen molar-refractivity contribution in [3.63, 3.8) is 0 Å². The van der Waals surface area contributed by atoms with E-state index in [-0.39, 0.29) is 23.1 Å². The second kappa shape index (κ2) is 5.22. The van der Waals surface area contributed by atoms with Crippen molar-refractivity contribution in [1.29, 1.82) is 0 Å². The van der Waals surface area contributed by atoms with E-state index in [1.165, 1.54) is 6.20 Å². The van der Waals surface area contributed by atoms with Crippen LogP contribution in [0.1, 0.15) is 45.1 Å². The number of hydrogen-bond acceptors (Lipinski definition) is 4. The van der Waals surface area contributed by atoms with Gasteiger partial charge in [0.15, 0.2) is 5.03 Å². The Labute approximate surface area is 113 Å². The lowest BCUT2D eigenvalue weighted by molar-refractivity contribution is 0.188. The van der Waals surface area contributed by atoms with Crippen LogP contribution in [0.5, 0.6) is 0 Å². The third kappa shape index (κ3) is 2.98. The van der Waals surface area contributed by atoms with Crippen LogP contribution in [0.3, 0.4) is 0 Å². The van der Waals surface area contributed by atoms with Crippen LogP contribution in [0.25, 0.3) is 0 Å². The van der Waals surface area contributed by atoms with E-state index in [1.54, 1.807) is 0 Å². The largest absolute Gasteiger partial charge is 0.392 e. The Balaban J connectivity index is 2.22. The standard InChI is InChI=1S/C12H21N3O3S/c1-12(2)6-4-3-5-10(12)15-19(17,18)11-9(8-16)7-13-14-11/h7,10,15-16H,3-6,8H2,1-2H3,(H,13,14). The lowest BCUT2D eigenvalue weighted by Crippen LogP contribution is -2.46. The summed E-state index contributed by atoms with van der Waals surface area (Å²) in [6.45, 7) is 3.82. The first-order chi connectivity index (χ1) is 8.87. The molecule has 1 aromatic heterocycles. The van der Waals surface area contributed by atoms with Gasteiger partial charge in [-0.15, -0.1) is 0 Å². The van der Waals surface area contributed by atoms with Crippen LogP contribution in [-0.2, 0) is 16.6 Å². The van der Waals surface area contributed by atoms with Crippen LogP contribution in [-0.4, -0.2) is 29.8 Å². The summed E-state index contributed by atoms with van der Waals surface area (Å²) >= 11 is 0. The Bertz CT molecular complexity index is 536.